The molecule has 1 aromatic heterocycles. The Bertz CT molecular complexity index is 791. The number of fused-ring (bicyclic) bond motifs is 1. The third-order valence-corrected chi connectivity index (χ3v) is 4.10. The highest BCUT2D eigenvalue weighted by Crippen LogP contribution is 2.24. The van der Waals surface area contributed by atoms with Gasteiger partial charge in [-0.3, -0.25) is 4.79 Å². The van der Waals surface area contributed by atoms with Gasteiger partial charge in [-0.1, -0.05) is 6.07 Å². The fourth-order valence-electron chi connectivity index (χ4n) is 2.48. The Labute approximate surface area is 162 Å². The molecule has 0 aliphatic heterocycles. The summed E-state index contributed by atoms with van der Waals surface area (Å²) in [6.07, 6.45) is 1.11. The lowest BCUT2D eigenvalue weighted by Crippen LogP contribution is -2.43. The molecule has 0 radical (unpaired) electrons. The quantitative estimate of drug-likeness (QED) is 0.238. The molecule has 0 bridgehead atoms. The van der Waals surface area contributed by atoms with Crippen molar-refractivity contribution in [1.82, 2.24) is 15.6 Å². The number of aromatic nitrogens is 1. The molecule has 0 spiro atoms. The van der Waals surface area contributed by atoms with Crippen LogP contribution in [0.4, 0.5) is 0 Å². The van der Waals surface area contributed by atoms with E-state index in [1.165, 1.54) is 0 Å². The van der Waals surface area contributed by atoms with Crippen LogP contribution in [0.3, 0.4) is 0 Å². The molecule has 1 heterocycles. The van der Waals surface area contributed by atoms with E-state index in [-0.39, 0.29) is 19.1 Å². The summed E-state index contributed by atoms with van der Waals surface area (Å²) in [5.74, 6) is 0.351. The van der Waals surface area contributed by atoms with Gasteiger partial charge in [-0.25, -0.2) is 0 Å². The van der Waals surface area contributed by atoms with Gasteiger partial charge in [0.2, 0.25) is 5.91 Å². The van der Waals surface area contributed by atoms with Crippen LogP contribution in [0.2, 0.25) is 0 Å². The normalized spacial score (nSPS) is 12.5. The second-order valence-electron chi connectivity index (χ2n) is 7.00. The summed E-state index contributed by atoms with van der Waals surface area (Å²) in [4.78, 5) is 29.6. The lowest BCUT2D eigenvalue weighted by atomic mass is 9.94. The predicted octanol–water partition coefficient (Wildman–Crippen LogP) is 0.848. The van der Waals surface area contributed by atoms with E-state index in [1.54, 1.807) is 13.8 Å². The monoisotopic (exact) mass is 394 g/mol. The van der Waals surface area contributed by atoms with Gasteiger partial charge in [0.1, 0.15) is 25.1 Å². The smallest absolute Gasteiger partial charge is 0.294 e. The lowest BCUT2D eigenvalue weighted by molar-refractivity contribution is -0.760. The molecule has 0 saturated heterocycles. The molecule has 154 valence electrons. The van der Waals surface area contributed by atoms with Crippen molar-refractivity contribution < 1.29 is 24.6 Å². The number of aliphatic hydroxyl groups excluding tert-OH is 1. The Balaban J connectivity index is 1.62. The van der Waals surface area contributed by atoms with E-state index in [2.05, 4.69) is 20.5 Å². The summed E-state index contributed by atoms with van der Waals surface area (Å²) in [6, 6.07) is 7.57. The SMILES string of the molecule is CC(C)(CO[N+](=O)[O-])C(=O)NCCNCC(O)COc1cccc2[nH]ccc12. The highest BCUT2D eigenvalue weighted by atomic mass is 16.9. The number of carbonyl (C=O) groups is 1. The molecule has 0 aliphatic rings. The van der Waals surface area contributed by atoms with E-state index < -0.39 is 16.6 Å². The van der Waals surface area contributed by atoms with Gasteiger partial charge in [0.05, 0.1) is 5.41 Å². The molecular formula is C18H26N4O6. The first-order valence-electron chi connectivity index (χ1n) is 8.93. The maximum Gasteiger partial charge on any atom is 0.294 e. The third kappa shape index (κ3) is 6.39. The molecule has 4 N–H and O–H groups in total. The number of ether oxygens (including phenoxy) is 1. The minimum Gasteiger partial charge on any atom is -0.490 e. The molecule has 1 atom stereocenters. The van der Waals surface area contributed by atoms with Crippen molar-refractivity contribution >= 4 is 16.8 Å². The summed E-state index contributed by atoms with van der Waals surface area (Å²) < 4.78 is 5.68. The fraction of sp³-hybridized carbons (Fsp3) is 0.500. The largest absolute Gasteiger partial charge is 0.490 e. The number of aromatic amines is 1. The molecule has 10 heteroatoms. The van der Waals surface area contributed by atoms with Crippen LogP contribution < -0.4 is 15.4 Å². The second-order valence-corrected chi connectivity index (χ2v) is 7.00. The van der Waals surface area contributed by atoms with Crippen molar-refractivity contribution in [3.63, 3.8) is 0 Å². The van der Waals surface area contributed by atoms with Gasteiger partial charge in [-0.05, 0) is 32.0 Å². The summed E-state index contributed by atoms with van der Waals surface area (Å²) in [5.41, 5.74) is -0.0490. The standard InChI is InChI=1S/C18H26N4O6/c1-18(2,12-28-22(25)26)17(24)21-9-8-19-10-13(23)11-27-16-5-3-4-15-14(16)6-7-20-15/h3-7,13,19-20,23H,8-12H2,1-2H3,(H,21,24). The zero-order valence-corrected chi connectivity index (χ0v) is 15.9. The third-order valence-electron chi connectivity index (χ3n) is 4.10. The van der Waals surface area contributed by atoms with Crippen LogP contribution in [0.25, 0.3) is 10.9 Å². The Morgan fingerprint density at radius 1 is 1.36 bits per heavy atom. The Morgan fingerprint density at radius 2 is 2.14 bits per heavy atom. The summed E-state index contributed by atoms with van der Waals surface area (Å²) >= 11 is 0. The van der Waals surface area contributed by atoms with Crippen molar-refractivity contribution in [2.45, 2.75) is 20.0 Å². The topological polar surface area (TPSA) is 139 Å². The second kappa shape index (κ2) is 9.90. The molecule has 0 saturated carbocycles. The molecule has 0 fully saturated rings. The molecule has 2 aromatic rings. The van der Waals surface area contributed by atoms with Gasteiger partial charge in [-0.2, -0.15) is 0 Å². The van der Waals surface area contributed by atoms with Crippen molar-refractivity contribution in [1.29, 1.82) is 0 Å². The molecule has 28 heavy (non-hydrogen) atoms. The molecule has 1 unspecified atom stereocenters. The highest BCUT2D eigenvalue weighted by molar-refractivity contribution is 5.85. The van der Waals surface area contributed by atoms with Crippen molar-refractivity contribution in [2.75, 3.05) is 32.8 Å². The Kier molecular flexibility index (Phi) is 7.59. The zero-order chi connectivity index (χ0) is 20.6. The molecule has 10 nitrogen and oxygen atoms in total. The van der Waals surface area contributed by atoms with Crippen molar-refractivity contribution in [3.05, 3.63) is 40.6 Å². The average molecular weight is 394 g/mol. The summed E-state index contributed by atoms with van der Waals surface area (Å²) in [6.45, 7) is 3.99. The van der Waals surface area contributed by atoms with E-state index in [1.807, 2.05) is 30.5 Å². The first-order valence-corrected chi connectivity index (χ1v) is 8.93. The summed E-state index contributed by atoms with van der Waals surface area (Å²) in [5, 5.41) is 26.0. The van der Waals surface area contributed by atoms with Crippen LogP contribution in [0, 0.1) is 15.5 Å². The van der Waals surface area contributed by atoms with Gasteiger partial charge >= 0.3 is 0 Å². The van der Waals surface area contributed by atoms with Gasteiger partial charge in [0, 0.05) is 36.7 Å². The molecule has 1 amide bonds. The van der Waals surface area contributed by atoms with Crippen LogP contribution in [0.5, 0.6) is 5.75 Å². The van der Waals surface area contributed by atoms with E-state index in [0.29, 0.717) is 25.4 Å². The predicted molar refractivity (Wildman–Crippen MR) is 102 cm³/mol. The number of carbonyl (C=O) groups excluding carboxylic acids is 1. The highest BCUT2D eigenvalue weighted by Gasteiger charge is 2.28. The number of nitrogens with one attached hydrogen (secondary N) is 3. The average Bonchev–Trinajstić information content (AvgIpc) is 3.13. The zero-order valence-electron chi connectivity index (χ0n) is 15.9. The van der Waals surface area contributed by atoms with Crippen LogP contribution in [0.15, 0.2) is 30.5 Å². The number of hydrogen-bond acceptors (Lipinski definition) is 7. The van der Waals surface area contributed by atoms with Gasteiger partial charge in [0.25, 0.3) is 5.09 Å². The minimum atomic E-state index is -1.01. The van der Waals surface area contributed by atoms with Crippen molar-refractivity contribution in [2.24, 2.45) is 5.41 Å². The maximum absolute atomic E-state index is 12.0. The number of hydrogen-bond donors (Lipinski definition) is 4. The minimum absolute atomic E-state index is 0.134. The van der Waals surface area contributed by atoms with Gasteiger partial charge in [0.15, 0.2) is 0 Å². The number of rotatable bonds is 12. The van der Waals surface area contributed by atoms with Crippen LogP contribution in [0.1, 0.15) is 13.8 Å². The molecule has 2 rings (SSSR count). The fourth-order valence-corrected chi connectivity index (χ4v) is 2.48. The van der Waals surface area contributed by atoms with Crippen LogP contribution >= 0.6 is 0 Å². The molecule has 0 aliphatic carbocycles. The number of amides is 1. The number of H-pyrrole nitrogens is 1. The van der Waals surface area contributed by atoms with Crippen LogP contribution in [-0.2, 0) is 9.63 Å². The molecule has 1 aromatic carbocycles. The number of aliphatic hydroxyl groups is 1. The van der Waals surface area contributed by atoms with Gasteiger partial charge in [-0.15, -0.1) is 10.1 Å². The van der Waals surface area contributed by atoms with Crippen molar-refractivity contribution in [3.8, 4) is 5.75 Å². The number of nitrogens with zero attached hydrogens (tertiary/aromatic N) is 1. The lowest BCUT2D eigenvalue weighted by Gasteiger charge is -2.22. The van der Waals surface area contributed by atoms with E-state index in [9.17, 15) is 20.0 Å². The summed E-state index contributed by atoms with van der Waals surface area (Å²) in [7, 11) is 0. The Hall–Kier alpha value is -2.85. The Morgan fingerprint density at radius 3 is 2.89 bits per heavy atom. The van der Waals surface area contributed by atoms with Crippen LogP contribution in [-0.4, -0.2) is 60.0 Å². The first-order chi connectivity index (χ1) is 13.3. The van der Waals surface area contributed by atoms with E-state index in [0.717, 1.165) is 10.9 Å². The molecular weight excluding hydrogens is 368 g/mol. The number of benzene rings is 1. The van der Waals surface area contributed by atoms with Gasteiger partial charge < -0.3 is 30.3 Å². The van der Waals surface area contributed by atoms with E-state index in [4.69, 9.17) is 4.74 Å². The first kappa shape index (κ1) is 21.5. The van der Waals surface area contributed by atoms with E-state index >= 15 is 0 Å². The maximum atomic E-state index is 12.0.